The number of nitrogens with one attached hydrogen (secondary N) is 2. The molecule has 0 aliphatic carbocycles. The fourth-order valence-electron chi connectivity index (χ4n) is 2.72. The van der Waals surface area contributed by atoms with Crippen LogP contribution in [0.3, 0.4) is 0 Å². The summed E-state index contributed by atoms with van der Waals surface area (Å²) >= 11 is 0. The molecule has 2 N–H and O–H groups in total. The Morgan fingerprint density at radius 2 is 1.81 bits per heavy atom. The van der Waals surface area contributed by atoms with Gasteiger partial charge in [0.1, 0.15) is 0 Å². The Kier molecular flexibility index (Phi) is 5.33. The summed E-state index contributed by atoms with van der Waals surface area (Å²) in [6.45, 7) is 2.22. The number of anilines is 1. The molecule has 0 saturated heterocycles. The first-order valence-electron chi connectivity index (χ1n) is 8.22. The van der Waals surface area contributed by atoms with Gasteiger partial charge in [0.05, 0.1) is 9.82 Å². The second-order valence-electron chi connectivity index (χ2n) is 5.88. The monoisotopic (exact) mass is 386 g/mol. The minimum absolute atomic E-state index is 0.0657. The molecule has 0 saturated carbocycles. The van der Waals surface area contributed by atoms with Crippen molar-refractivity contribution in [1.29, 1.82) is 0 Å². The van der Waals surface area contributed by atoms with Gasteiger partial charge in [-0.3, -0.25) is 10.1 Å². The largest absolute Gasteiger partial charge is 0.383 e. The summed E-state index contributed by atoms with van der Waals surface area (Å²) in [7, 11) is -3.57. The first-order valence-corrected chi connectivity index (χ1v) is 9.70. The van der Waals surface area contributed by atoms with Crippen LogP contribution in [0.1, 0.15) is 5.69 Å². The van der Waals surface area contributed by atoms with Crippen LogP contribution in [-0.2, 0) is 10.0 Å². The number of nitrogens with zero attached hydrogens (tertiary/aromatic N) is 2. The molecule has 8 nitrogen and oxygen atoms in total. The normalized spacial score (nSPS) is 11.4. The number of hydrogen-bond acceptors (Lipinski definition) is 6. The van der Waals surface area contributed by atoms with Gasteiger partial charge in [0.15, 0.2) is 5.52 Å². The average molecular weight is 386 g/mol. The molecule has 0 atom stereocenters. The van der Waals surface area contributed by atoms with Crippen LogP contribution in [0, 0.1) is 17.0 Å². The van der Waals surface area contributed by atoms with Crippen LogP contribution in [-0.4, -0.2) is 31.4 Å². The van der Waals surface area contributed by atoms with Gasteiger partial charge in [0, 0.05) is 35.9 Å². The minimum Gasteiger partial charge on any atom is -0.383 e. The van der Waals surface area contributed by atoms with E-state index in [2.05, 4.69) is 15.0 Å². The van der Waals surface area contributed by atoms with Crippen LogP contribution in [0.2, 0.25) is 0 Å². The second-order valence-corrected chi connectivity index (χ2v) is 7.65. The molecule has 1 aromatic heterocycles. The van der Waals surface area contributed by atoms with Gasteiger partial charge in [0.2, 0.25) is 10.0 Å². The highest BCUT2D eigenvalue weighted by Gasteiger charge is 2.16. The summed E-state index contributed by atoms with van der Waals surface area (Å²) < 4.78 is 26.9. The van der Waals surface area contributed by atoms with E-state index in [9.17, 15) is 18.5 Å². The fourth-order valence-corrected chi connectivity index (χ4v) is 3.77. The molecule has 3 rings (SSSR count). The number of para-hydroxylation sites is 1. The maximum absolute atomic E-state index is 12.2. The number of nitro benzene ring substituents is 1. The molecule has 0 spiro atoms. The Morgan fingerprint density at radius 3 is 2.52 bits per heavy atom. The highest BCUT2D eigenvalue weighted by atomic mass is 32.2. The van der Waals surface area contributed by atoms with Crippen molar-refractivity contribution in [2.24, 2.45) is 0 Å². The van der Waals surface area contributed by atoms with Crippen molar-refractivity contribution in [2.45, 2.75) is 11.8 Å². The Hall–Kier alpha value is -3.04. The number of benzene rings is 2. The lowest BCUT2D eigenvalue weighted by Crippen LogP contribution is -2.28. The molecule has 0 bridgehead atoms. The van der Waals surface area contributed by atoms with Crippen LogP contribution in [0.25, 0.3) is 10.9 Å². The SMILES string of the molecule is Cc1cc(NCCNS(=O)(=O)c2ccccc2)c2cccc([N+](=O)[O-])c2n1. The lowest BCUT2D eigenvalue weighted by molar-refractivity contribution is -0.383. The van der Waals surface area contributed by atoms with Crippen molar-refractivity contribution < 1.29 is 13.3 Å². The number of non-ortho nitro benzene ring substituents is 1. The smallest absolute Gasteiger partial charge is 0.295 e. The highest BCUT2D eigenvalue weighted by Crippen LogP contribution is 2.29. The summed E-state index contributed by atoms with van der Waals surface area (Å²) in [6.07, 6.45) is 0. The lowest BCUT2D eigenvalue weighted by Gasteiger charge is -2.12. The number of aromatic nitrogens is 1. The molecular weight excluding hydrogens is 368 g/mol. The average Bonchev–Trinajstić information content (AvgIpc) is 2.65. The first-order chi connectivity index (χ1) is 12.9. The third kappa shape index (κ3) is 4.21. The van der Waals surface area contributed by atoms with Crippen molar-refractivity contribution in [3.63, 3.8) is 0 Å². The number of aryl methyl sites for hydroxylation is 1. The van der Waals surface area contributed by atoms with Crippen molar-refractivity contribution in [3.8, 4) is 0 Å². The van der Waals surface area contributed by atoms with Crippen molar-refractivity contribution in [1.82, 2.24) is 9.71 Å². The molecule has 0 aliphatic heterocycles. The van der Waals surface area contributed by atoms with Gasteiger partial charge in [0.25, 0.3) is 5.69 Å². The molecule has 9 heteroatoms. The van der Waals surface area contributed by atoms with E-state index >= 15 is 0 Å². The van der Waals surface area contributed by atoms with E-state index in [-0.39, 0.29) is 17.1 Å². The van der Waals surface area contributed by atoms with Crippen LogP contribution < -0.4 is 10.0 Å². The van der Waals surface area contributed by atoms with Gasteiger partial charge in [-0.05, 0) is 25.1 Å². The molecule has 0 amide bonds. The number of hydrogen-bond donors (Lipinski definition) is 2. The summed E-state index contributed by atoms with van der Waals surface area (Å²) in [5, 5.41) is 15.0. The number of sulfonamides is 1. The minimum atomic E-state index is -3.57. The molecular formula is C18H18N4O4S. The number of pyridine rings is 1. The molecule has 0 radical (unpaired) electrons. The summed E-state index contributed by atoms with van der Waals surface area (Å²) in [5.74, 6) is 0. The predicted molar refractivity (Wildman–Crippen MR) is 103 cm³/mol. The van der Waals surface area contributed by atoms with E-state index in [1.54, 1.807) is 43.3 Å². The Labute approximate surface area is 156 Å². The van der Waals surface area contributed by atoms with E-state index in [4.69, 9.17) is 0 Å². The van der Waals surface area contributed by atoms with E-state index in [0.29, 0.717) is 28.8 Å². The number of rotatable bonds is 7. The quantitative estimate of drug-likeness (QED) is 0.367. The maximum Gasteiger partial charge on any atom is 0.295 e. The van der Waals surface area contributed by atoms with Crippen molar-refractivity contribution >= 4 is 32.3 Å². The molecule has 0 unspecified atom stereocenters. The molecule has 2 aromatic carbocycles. The van der Waals surface area contributed by atoms with Gasteiger partial charge >= 0.3 is 0 Å². The first kappa shape index (κ1) is 18.7. The van der Waals surface area contributed by atoms with Gasteiger partial charge in [-0.1, -0.05) is 30.3 Å². The molecule has 140 valence electrons. The molecule has 0 fully saturated rings. The zero-order valence-corrected chi connectivity index (χ0v) is 15.4. The van der Waals surface area contributed by atoms with Crippen LogP contribution >= 0.6 is 0 Å². The van der Waals surface area contributed by atoms with Crippen LogP contribution in [0.15, 0.2) is 59.5 Å². The van der Waals surface area contributed by atoms with Gasteiger partial charge < -0.3 is 5.32 Å². The molecule has 1 heterocycles. The molecule has 0 aliphatic rings. The van der Waals surface area contributed by atoms with Crippen molar-refractivity contribution in [2.75, 3.05) is 18.4 Å². The number of fused-ring (bicyclic) bond motifs is 1. The zero-order valence-electron chi connectivity index (χ0n) is 14.5. The van der Waals surface area contributed by atoms with E-state index in [0.717, 1.165) is 0 Å². The summed E-state index contributed by atoms with van der Waals surface area (Å²) in [6, 6.07) is 14.6. The topological polar surface area (TPSA) is 114 Å². The summed E-state index contributed by atoms with van der Waals surface area (Å²) in [5.41, 5.74) is 1.53. The second kappa shape index (κ2) is 7.68. The van der Waals surface area contributed by atoms with E-state index in [1.807, 2.05) is 0 Å². The molecule has 27 heavy (non-hydrogen) atoms. The van der Waals surface area contributed by atoms with E-state index < -0.39 is 14.9 Å². The Balaban J connectivity index is 1.74. The molecule has 3 aromatic rings. The van der Waals surface area contributed by atoms with Crippen LogP contribution in [0.5, 0.6) is 0 Å². The fraction of sp³-hybridized carbons (Fsp3) is 0.167. The van der Waals surface area contributed by atoms with Gasteiger partial charge in [-0.15, -0.1) is 0 Å². The van der Waals surface area contributed by atoms with Crippen molar-refractivity contribution in [3.05, 3.63) is 70.4 Å². The zero-order chi connectivity index (χ0) is 19.4. The third-order valence-electron chi connectivity index (χ3n) is 3.93. The summed E-state index contributed by atoms with van der Waals surface area (Å²) in [4.78, 5) is 15.2. The maximum atomic E-state index is 12.2. The lowest BCUT2D eigenvalue weighted by atomic mass is 10.1. The van der Waals surface area contributed by atoms with Gasteiger partial charge in [-0.2, -0.15) is 0 Å². The van der Waals surface area contributed by atoms with E-state index in [1.165, 1.54) is 18.2 Å². The van der Waals surface area contributed by atoms with Gasteiger partial charge in [-0.25, -0.2) is 18.1 Å². The number of nitro groups is 1. The Morgan fingerprint density at radius 1 is 1.07 bits per heavy atom. The third-order valence-corrected chi connectivity index (χ3v) is 5.41. The Bertz CT molecular complexity index is 1090. The van der Waals surface area contributed by atoms with Crippen LogP contribution in [0.4, 0.5) is 11.4 Å². The predicted octanol–water partition coefficient (Wildman–Crippen LogP) is 2.84. The highest BCUT2D eigenvalue weighted by molar-refractivity contribution is 7.89. The standard InChI is InChI=1S/C18H18N4O4S/c1-13-12-16(15-8-5-9-17(22(23)24)18(15)21-13)19-10-11-20-27(25,26)14-6-3-2-4-7-14/h2-9,12,20H,10-11H2,1H3,(H,19,21).